The molecule has 4 aromatic rings. The van der Waals surface area contributed by atoms with E-state index in [1.807, 2.05) is 30.5 Å². The Balaban J connectivity index is 1.63. The smallest absolute Gasteiger partial charge is 0.326 e. The third kappa shape index (κ3) is 4.42. The fourth-order valence-electron chi connectivity index (χ4n) is 4.02. The molecule has 0 fully saturated rings. The van der Waals surface area contributed by atoms with Gasteiger partial charge in [0.2, 0.25) is 5.82 Å². The van der Waals surface area contributed by atoms with E-state index in [1.54, 1.807) is 47.9 Å². The van der Waals surface area contributed by atoms with Crippen LogP contribution in [0.15, 0.2) is 87.9 Å². The Morgan fingerprint density at radius 2 is 1.57 bits per heavy atom. The van der Waals surface area contributed by atoms with Gasteiger partial charge in [-0.15, -0.1) is 11.8 Å². The number of thioether (sulfide) groups is 1. The molecule has 1 aliphatic heterocycles. The van der Waals surface area contributed by atoms with E-state index in [4.69, 9.17) is 4.52 Å². The summed E-state index contributed by atoms with van der Waals surface area (Å²) in [6, 6.07) is 18.2. The first-order valence-electron chi connectivity index (χ1n) is 10.8. The second-order valence-corrected chi connectivity index (χ2v) is 8.78. The normalized spacial score (nSPS) is 15.9. The highest BCUT2D eigenvalue weighted by molar-refractivity contribution is 7.98. The van der Waals surface area contributed by atoms with E-state index in [0.717, 1.165) is 4.90 Å². The number of hydrogen-bond donors (Lipinski definition) is 1. The highest BCUT2D eigenvalue weighted by atomic mass is 32.2. The third-order valence-corrected chi connectivity index (χ3v) is 6.52. The second-order valence-electron chi connectivity index (χ2n) is 7.90. The van der Waals surface area contributed by atoms with Crippen molar-refractivity contribution >= 4 is 29.1 Å². The monoisotopic (exact) mass is 490 g/mol. The summed E-state index contributed by atoms with van der Waals surface area (Å²) in [5.74, 6) is -0.275. The number of benzene rings is 3. The number of carbonyl (C=O) groups is 1. The van der Waals surface area contributed by atoms with E-state index in [2.05, 4.69) is 15.5 Å². The number of nitrogens with zero attached hydrogens (tertiary/aromatic N) is 3. The maximum atomic E-state index is 13.6. The van der Waals surface area contributed by atoms with Crippen LogP contribution < -0.4 is 10.2 Å². The molecule has 0 radical (unpaired) electrons. The molecule has 176 valence electrons. The van der Waals surface area contributed by atoms with E-state index >= 15 is 0 Å². The maximum absolute atomic E-state index is 13.6. The van der Waals surface area contributed by atoms with Crippen LogP contribution in [-0.4, -0.2) is 22.4 Å². The maximum Gasteiger partial charge on any atom is 0.326 e. The molecule has 1 aromatic heterocycles. The predicted molar refractivity (Wildman–Crippen MR) is 131 cm³/mol. The van der Waals surface area contributed by atoms with Crippen molar-refractivity contribution in [1.82, 2.24) is 15.5 Å². The third-order valence-electron chi connectivity index (χ3n) is 5.78. The molecule has 1 N–H and O–H groups in total. The predicted octanol–water partition coefficient (Wildman–Crippen LogP) is 6.44. The number of carbonyl (C=O) groups excluding carboxylic acids is 1. The zero-order valence-corrected chi connectivity index (χ0v) is 19.6. The topological polar surface area (TPSA) is 71.3 Å². The number of aromatic nitrogens is 2. The highest BCUT2D eigenvalue weighted by Crippen LogP contribution is 2.39. The number of urea groups is 1. The molecule has 9 heteroatoms. The minimum atomic E-state index is -0.647. The van der Waals surface area contributed by atoms with Crippen molar-refractivity contribution < 1.29 is 18.1 Å². The summed E-state index contributed by atoms with van der Waals surface area (Å²) in [5, 5.41) is 7.06. The molecule has 3 aromatic carbocycles. The van der Waals surface area contributed by atoms with Gasteiger partial charge in [0.1, 0.15) is 11.6 Å². The number of nitrogens with one attached hydrogen (secondary N) is 1. The van der Waals surface area contributed by atoms with Crippen LogP contribution in [0, 0.1) is 11.6 Å². The Hall–Kier alpha value is -3.98. The molecule has 2 heterocycles. The minimum absolute atomic E-state index is 0.196. The van der Waals surface area contributed by atoms with Crippen LogP contribution in [0.4, 0.5) is 19.3 Å². The Morgan fingerprint density at radius 3 is 2.20 bits per heavy atom. The van der Waals surface area contributed by atoms with Gasteiger partial charge in [-0.25, -0.2) is 13.6 Å². The van der Waals surface area contributed by atoms with Crippen LogP contribution in [-0.2, 0) is 0 Å². The standard InChI is InChI=1S/C26H20F2N4O2S/c1-15-22(25-30-24(31-34-25)17-5-9-19(28)10-6-17)23(16-3-7-18(27)8-4-16)29-26(33)32(15)20-11-13-21(35-2)14-12-20/h3-14,23H,1-2H3,(H,29,33). The molecule has 2 amide bonds. The molecule has 0 saturated carbocycles. The first kappa shape index (κ1) is 22.8. The van der Waals surface area contributed by atoms with Crippen LogP contribution in [0.3, 0.4) is 0 Å². The Morgan fingerprint density at radius 1 is 0.943 bits per heavy atom. The molecule has 0 aliphatic carbocycles. The molecule has 0 bridgehead atoms. The number of hydrogen-bond acceptors (Lipinski definition) is 5. The van der Waals surface area contributed by atoms with Gasteiger partial charge >= 0.3 is 6.03 Å². The largest absolute Gasteiger partial charge is 0.334 e. The van der Waals surface area contributed by atoms with Crippen LogP contribution in [0.5, 0.6) is 0 Å². The molecule has 0 spiro atoms. The lowest BCUT2D eigenvalue weighted by molar-refractivity contribution is 0.244. The summed E-state index contributed by atoms with van der Waals surface area (Å²) in [4.78, 5) is 20.4. The fourth-order valence-corrected chi connectivity index (χ4v) is 4.42. The van der Waals surface area contributed by atoms with Crippen molar-refractivity contribution in [3.8, 4) is 11.4 Å². The van der Waals surface area contributed by atoms with Crippen molar-refractivity contribution in [3.63, 3.8) is 0 Å². The van der Waals surface area contributed by atoms with Gasteiger partial charge in [-0.1, -0.05) is 17.3 Å². The van der Waals surface area contributed by atoms with Crippen molar-refractivity contribution in [1.29, 1.82) is 0 Å². The molecule has 1 unspecified atom stereocenters. The lowest BCUT2D eigenvalue weighted by atomic mass is 9.94. The number of rotatable bonds is 5. The fraction of sp³-hybridized carbons (Fsp3) is 0.115. The second kappa shape index (κ2) is 9.34. The van der Waals surface area contributed by atoms with Gasteiger partial charge in [-0.2, -0.15) is 4.98 Å². The average Bonchev–Trinajstić information content (AvgIpc) is 3.35. The summed E-state index contributed by atoms with van der Waals surface area (Å²) < 4.78 is 32.6. The van der Waals surface area contributed by atoms with Crippen LogP contribution in [0.25, 0.3) is 17.0 Å². The van der Waals surface area contributed by atoms with Crippen LogP contribution in [0.2, 0.25) is 0 Å². The highest BCUT2D eigenvalue weighted by Gasteiger charge is 2.36. The Kier molecular flexibility index (Phi) is 6.08. The van der Waals surface area contributed by atoms with Gasteiger partial charge in [0, 0.05) is 16.2 Å². The zero-order chi connectivity index (χ0) is 24.5. The molecule has 1 atom stereocenters. The first-order valence-corrected chi connectivity index (χ1v) is 12.0. The minimum Gasteiger partial charge on any atom is -0.334 e. The first-order chi connectivity index (χ1) is 16.9. The molecular weight excluding hydrogens is 470 g/mol. The van der Waals surface area contributed by atoms with Gasteiger partial charge in [0.25, 0.3) is 5.89 Å². The van der Waals surface area contributed by atoms with E-state index in [-0.39, 0.29) is 29.4 Å². The van der Waals surface area contributed by atoms with E-state index in [0.29, 0.717) is 28.1 Å². The lowest BCUT2D eigenvalue weighted by Crippen LogP contribution is -2.46. The van der Waals surface area contributed by atoms with Gasteiger partial charge in [0.05, 0.1) is 17.3 Å². The number of amides is 2. The van der Waals surface area contributed by atoms with Gasteiger partial charge < -0.3 is 9.84 Å². The van der Waals surface area contributed by atoms with Crippen molar-refractivity contribution in [2.45, 2.75) is 17.9 Å². The van der Waals surface area contributed by atoms with Crippen LogP contribution >= 0.6 is 11.8 Å². The molecular formula is C26H20F2N4O2S. The Labute approximate surface area is 204 Å². The van der Waals surface area contributed by atoms with Crippen molar-refractivity contribution in [3.05, 3.63) is 102 Å². The summed E-state index contributed by atoms with van der Waals surface area (Å²) in [7, 11) is 0. The quantitative estimate of drug-likeness (QED) is 0.326. The number of halogens is 2. The van der Waals surface area contributed by atoms with E-state index in [9.17, 15) is 13.6 Å². The van der Waals surface area contributed by atoms with Crippen LogP contribution in [0.1, 0.15) is 24.4 Å². The van der Waals surface area contributed by atoms with E-state index < -0.39 is 6.04 Å². The van der Waals surface area contributed by atoms with E-state index in [1.165, 1.54) is 24.3 Å². The van der Waals surface area contributed by atoms with Gasteiger partial charge in [0.15, 0.2) is 0 Å². The number of allylic oxidation sites excluding steroid dienone is 1. The lowest BCUT2D eigenvalue weighted by Gasteiger charge is -2.35. The average molecular weight is 491 g/mol. The molecule has 5 rings (SSSR count). The van der Waals surface area contributed by atoms with Crippen molar-refractivity contribution in [2.24, 2.45) is 0 Å². The van der Waals surface area contributed by atoms with Gasteiger partial charge in [-0.3, -0.25) is 4.90 Å². The summed E-state index contributed by atoms with van der Waals surface area (Å²) in [6.07, 6.45) is 1.98. The van der Waals surface area contributed by atoms with Gasteiger partial charge in [-0.05, 0) is 79.4 Å². The molecule has 0 saturated heterocycles. The SMILES string of the molecule is CSc1ccc(N2C(=O)NC(c3ccc(F)cc3)C(c3nc(-c4ccc(F)cc4)no3)=C2C)cc1. The van der Waals surface area contributed by atoms with Crippen molar-refractivity contribution in [2.75, 3.05) is 11.2 Å². The Bertz CT molecular complexity index is 1400. The molecule has 1 aliphatic rings. The molecule has 6 nitrogen and oxygen atoms in total. The zero-order valence-electron chi connectivity index (χ0n) is 18.8. The summed E-state index contributed by atoms with van der Waals surface area (Å²) in [5.41, 5.74) is 3.08. The summed E-state index contributed by atoms with van der Waals surface area (Å²) in [6.45, 7) is 1.80. The number of anilines is 1. The summed E-state index contributed by atoms with van der Waals surface area (Å²) >= 11 is 1.61. The molecule has 35 heavy (non-hydrogen) atoms.